The van der Waals surface area contributed by atoms with E-state index in [0.717, 1.165) is 30.8 Å². The van der Waals surface area contributed by atoms with E-state index in [-0.39, 0.29) is 5.56 Å². The first-order chi connectivity index (χ1) is 12.2. The number of rotatable bonds is 4. The van der Waals surface area contributed by atoms with Crippen LogP contribution in [0.3, 0.4) is 0 Å². The third-order valence-electron chi connectivity index (χ3n) is 4.29. The molecule has 1 saturated heterocycles. The van der Waals surface area contributed by atoms with Crippen LogP contribution in [0.15, 0.2) is 41.3 Å². The molecule has 0 radical (unpaired) electrons. The summed E-state index contributed by atoms with van der Waals surface area (Å²) in [6.45, 7) is 3.90. The van der Waals surface area contributed by atoms with Crippen LogP contribution in [0.5, 0.6) is 0 Å². The van der Waals surface area contributed by atoms with Gasteiger partial charge in [-0.15, -0.1) is 0 Å². The largest absolute Gasteiger partial charge is 0.350 e. The van der Waals surface area contributed by atoms with Gasteiger partial charge in [0.15, 0.2) is 0 Å². The van der Waals surface area contributed by atoms with E-state index in [4.69, 9.17) is 0 Å². The van der Waals surface area contributed by atoms with Crippen molar-refractivity contribution in [3.63, 3.8) is 0 Å². The van der Waals surface area contributed by atoms with Gasteiger partial charge in [-0.3, -0.25) is 4.79 Å². The second-order valence-electron chi connectivity index (χ2n) is 6.29. The lowest BCUT2D eigenvalue weighted by atomic mass is 10.2. The number of benzene rings is 1. The van der Waals surface area contributed by atoms with Gasteiger partial charge in [0.2, 0.25) is 5.95 Å². The molecular formula is C18H20N6O. The topological polar surface area (TPSA) is 94.7 Å². The Kier molecular flexibility index (Phi) is 4.07. The highest BCUT2D eigenvalue weighted by Crippen LogP contribution is 2.23. The average Bonchev–Trinajstić information content (AvgIpc) is 3.08. The molecule has 2 aromatic heterocycles. The number of fused-ring (bicyclic) bond motifs is 1. The second-order valence-corrected chi connectivity index (χ2v) is 6.29. The van der Waals surface area contributed by atoms with Crippen molar-refractivity contribution in [3.8, 4) is 0 Å². The fourth-order valence-corrected chi connectivity index (χ4v) is 3.07. The molecule has 3 aromatic rings. The molecule has 0 saturated carbocycles. The van der Waals surface area contributed by atoms with Crippen LogP contribution in [0.1, 0.15) is 12.0 Å². The molecule has 7 heteroatoms. The number of anilines is 3. The molecule has 7 nitrogen and oxygen atoms in total. The number of pyridine rings is 1. The molecule has 0 amide bonds. The Morgan fingerprint density at radius 2 is 2.16 bits per heavy atom. The summed E-state index contributed by atoms with van der Waals surface area (Å²) in [6.07, 6.45) is 2.63. The van der Waals surface area contributed by atoms with Gasteiger partial charge in [-0.05, 0) is 43.7 Å². The summed E-state index contributed by atoms with van der Waals surface area (Å²) in [6, 6.07) is 10.0. The highest BCUT2D eigenvalue weighted by molar-refractivity contribution is 5.90. The first-order valence-electron chi connectivity index (χ1n) is 8.39. The quantitative estimate of drug-likeness (QED) is 0.583. The zero-order chi connectivity index (χ0) is 17.2. The molecule has 1 aliphatic rings. The summed E-state index contributed by atoms with van der Waals surface area (Å²) in [5, 5.41) is 10.4. The summed E-state index contributed by atoms with van der Waals surface area (Å²) in [7, 11) is 0. The third-order valence-corrected chi connectivity index (χ3v) is 4.29. The normalized spacial score (nSPS) is 16.9. The summed E-state index contributed by atoms with van der Waals surface area (Å²) in [5.41, 5.74) is 2.42. The van der Waals surface area contributed by atoms with Crippen molar-refractivity contribution in [1.82, 2.24) is 20.3 Å². The van der Waals surface area contributed by atoms with E-state index < -0.39 is 0 Å². The van der Waals surface area contributed by atoms with Crippen LogP contribution in [0.25, 0.3) is 10.9 Å². The average molecular weight is 336 g/mol. The number of aryl methyl sites for hydroxylation is 1. The molecule has 1 aliphatic heterocycles. The van der Waals surface area contributed by atoms with E-state index in [1.54, 1.807) is 12.3 Å². The molecule has 1 aromatic carbocycles. The number of aromatic amines is 1. The molecule has 0 unspecified atom stereocenters. The maximum Gasteiger partial charge on any atom is 0.261 e. The third kappa shape index (κ3) is 3.32. The zero-order valence-electron chi connectivity index (χ0n) is 14.0. The number of hydrogen-bond acceptors (Lipinski definition) is 6. The lowest BCUT2D eigenvalue weighted by molar-refractivity contribution is 0.782. The monoisotopic (exact) mass is 336 g/mol. The Bertz CT molecular complexity index is 961. The highest BCUT2D eigenvalue weighted by Gasteiger charge is 2.17. The van der Waals surface area contributed by atoms with E-state index in [2.05, 4.69) is 30.9 Å². The maximum absolute atomic E-state index is 12.3. The molecule has 0 bridgehead atoms. The molecule has 1 fully saturated rings. The molecule has 0 spiro atoms. The fourth-order valence-electron chi connectivity index (χ4n) is 3.07. The molecule has 1 atom stereocenters. The second kappa shape index (κ2) is 6.52. The Balaban J connectivity index is 1.77. The van der Waals surface area contributed by atoms with E-state index in [9.17, 15) is 4.79 Å². The van der Waals surface area contributed by atoms with Crippen LogP contribution >= 0.6 is 0 Å². The van der Waals surface area contributed by atoms with Crippen molar-refractivity contribution in [3.05, 3.63) is 52.4 Å². The lowest BCUT2D eigenvalue weighted by Crippen LogP contribution is -2.24. The van der Waals surface area contributed by atoms with Gasteiger partial charge < -0.3 is 20.9 Å². The van der Waals surface area contributed by atoms with Crippen LogP contribution in [0.2, 0.25) is 0 Å². The van der Waals surface area contributed by atoms with Crippen LogP contribution in [0.4, 0.5) is 17.5 Å². The van der Waals surface area contributed by atoms with Crippen molar-refractivity contribution in [2.45, 2.75) is 19.4 Å². The minimum absolute atomic E-state index is 0.207. The minimum atomic E-state index is -0.207. The van der Waals surface area contributed by atoms with E-state index in [1.165, 1.54) is 0 Å². The van der Waals surface area contributed by atoms with Gasteiger partial charge in [0, 0.05) is 24.5 Å². The Morgan fingerprint density at radius 3 is 2.96 bits per heavy atom. The van der Waals surface area contributed by atoms with Crippen LogP contribution < -0.4 is 21.5 Å². The summed E-state index contributed by atoms with van der Waals surface area (Å²) in [5.74, 6) is 1.04. The van der Waals surface area contributed by atoms with Gasteiger partial charge in [0.05, 0.1) is 5.52 Å². The van der Waals surface area contributed by atoms with Gasteiger partial charge in [0.25, 0.3) is 5.56 Å². The zero-order valence-corrected chi connectivity index (χ0v) is 14.0. The van der Waals surface area contributed by atoms with Crippen molar-refractivity contribution in [1.29, 1.82) is 0 Å². The van der Waals surface area contributed by atoms with Gasteiger partial charge in [-0.2, -0.15) is 4.98 Å². The molecule has 25 heavy (non-hydrogen) atoms. The van der Waals surface area contributed by atoms with E-state index in [1.807, 2.05) is 31.2 Å². The van der Waals surface area contributed by atoms with Crippen LogP contribution in [-0.2, 0) is 0 Å². The SMILES string of the molecule is Cc1cccc(Nc2nc(N[C@@H]3CCNC3)nc3cc[nH]c(=O)c23)c1. The number of H-pyrrole nitrogens is 1. The number of nitrogens with zero attached hydrogens (tertiary/aromatic N) is 2. The summed E-state index contributed by atoms with van der Waals surface area (Å²) in [4.78, 5) is 24.1. The Morgan fingerprint density at radius 1 is 1.24 bits per heavy atom. The van der Waals surface area contributed by atoms with Crippen molar-refractivity contribution < 1.29 is 0 Å². The maximum atomic E-state index is 12.3. The van der Waals surface area contributed by atoms with Crippen molar-refractivity contribution in [2.24, 2.45) is 0 Å². The van der Waals surface area contributed by atoms with Gasteiger partial charge in [-0.25, -0.2) is 4.98 Å². The first-order valence-corrected chi connectivity index (χ1v) is 8.39. The minimum Gasteiger partial charge on any atom is -0.350 e. The first kappa shape index (κ1) is 15.6. The predicted octanol–water partition coefficient (Wildman–Crippen LogP) is 2.14. The van der Waals surface area contributed by atoms with Gasteiger partial charge in [-0.1, -0.05) is 12.1 Å². The molecule has 3 heterocycles. The van der Waals surface area contributed by atoms with Crippen LogP contribution in [0, 0.1) is 6.92 Å². The summed E-state index contributed by atoms with van der Waals surface area (Å²) < 4.78 is 0. The molecule has 4 rings (SSSR count). The number of nitrogens with one attached hydrogen (secondary N) is 4. The van der Waals surface area contributed by atoms with Crippen LogP contribution in [-0.4, -0.2) is 34.1 Å². The Labute approximate surface area is 144 Å². The molecule has 4 N–H and O–H groups in total. The van der Waals surface area contributed by atoms with Gasteiger partial charge in [0.1, 0.15) is 11.2 Å². The number of hydrogen-bond donors (Lipinski definition) is 4. The van der Waals surface area contributed by atoms with Crippen molar-refractivity contribution in [2.75, 3.05) is 23.7 Å². The molecular weight excluding hydrogens is 316 g/mol. The smallest absolute Gasteiger partial charge is 0.261 e. The van der Waals surface area contributed by atoms with E-state index in [0.29, 0.717) is 28.7 Å². The summed E-state index contributed by atoms with van der Waals surface area (Å²) >= 11 is 0. The molecule has 128 valence electrons. The van der Waals surface area contributed by atoms with E-state index >= 15 is 0 Å². The van der Waals surface area contributed by atoms with Gasteiger partial charge >= 0.3 is 0 Å². The molecule has 0 aliphatic carbocycles. The number of aromatic nitrogens is 3. The fraction of sp³-hybridized carbons (Fsp3) is 0.278. The predicted molar refractivity (Wildman–Crippen MR) is 99.5 cm³/mol. The Hall–Kier alpha value is -2.93. The van der Waals surface area contributed by atoms with Crippen molar-refractivity contribution >= 4 is 28.4 Å². The standard InChI is InChI=1S/C18H20N6O/c1-11-3-2-4-12(9-11)21-16-15-14(6-8-20-17(15)25)23-18(24-16)22-13-5-7-19-10-13/h2-4,6,8-9,13,19H,5,7,10H2,1H3,(H,20,25)(H2,21,22,23,24)/t13-/m1/s1. The highest BCUT2D eigenvalue weighted by atomic mass is 16.1. The lowest BCUT2D eigenvalue weighted by Gasteiger charge is -2.14.